The summed E-state index contributed by atoms with van der Waals surface area (Å²) in [5.41, 5.74) is 2.23. The number of phenolic OH excluding ortho intramolecular Hbond substituents is 1. The van der Waals surface area contributed by atoms with E-state index in [1.165, 1.54) is 5.57 Å². The highest BCUT2D eigenvalue weighted by atomic mass is 16.5. The monoisotopic (exact) mass is 190 g/mol. The molecule has 1 atom stereocenters. The van der Waals surface area contributed by atoms with Gasteiger partial charge in [-0.3, -0.25) is 0 Å². The second-order valence-corrected chi connectivity index (χ2v) is 3.60. The number of ether oxygens (including phenoxy) is 1. The molecule has 0 saturated heterocycles. The predicted molar refractivity (Wildman–Crippen MR) is 55.4 cm³/mol. The van der Waals surface area contributed by atoms with Crippen molar-refractivity contribution in [1.82, 2.24) is 0 Å². The van der Waals surface area contributed by atoms with Crippen molar-refractivity contribution < 1.29 is 9.84 Å². The third-order valence-corrected chi connectivity index (χ3v) is 2.67. The summed E-state index contributed by atoms with van der Waals surface area (Å²) in [4.78, 5) is 0. The first-order chi connectivity index (χ1) is 6.79. The van der Waals surface area contributed by atoms with Gasteiger partial charge >= 0.3 is 0 Å². The summed E-state index contributed by atoms with van der Waals surface area (Å²) in [5.74, 6) is 0.570. The third-order valence-electron chi connectivity index (χ3n) is 2.67. The van der Waals surface area contributed by atoms with Crippen molar-refractivity contribution in [3.05, 3.63) is 41.5 Å². The van der Waals surface area contributed by atoms with Gasteiger partial charge in [0.25, 0.3) is 0 Å². The molecule has 0 fully saturated rings. The normalized spacial score (nSPS) is 21.8. The molecule has 2 rings (SSSR count). The van der Waals surface area contributed by atoms with Gasteiger partial charge in [0, 0.05) is 11.5 Å². The maximum absolute atomic E-state index is 9.70. The molecule has 1 unspecified atom stereocenters. The molecule has 1 N–H and O–H groups in total. The van der Waals surface area contributed by atoms with E-state index >= 15 is 0 Å². The maximum atomic E-state index is 9.70. The zero-order valence-electron chi connectivity index (χ0n) is 8.23. The Morgan fingerprint density at radius 3 is 2.86 bits per heavy atom. The number of phenols is 1. The molecule has 0 amide bonds. The average Bonchev–Trinajstić information content (AvgIpc) is 2.20. The van der Waals surface area contributed by atoms with Crippen LogP contribution in [-0.2, 0) is 4.74 Å². The summed E-state index contributed by atoms with van der Waals surface area (Å²) in [6.45, 7) is 3.44. The number of rotatable bonds is 1. The minimum Gasteiger partial charge on any atom is -0.508 e. The van der Waals surface area contributed by atoms with Gasteiger partial charge in [-0.15, -0.1) is 0 Å². The summed E-state index contributed by atoms with van der Waals surface area (Å²) in [7, 11) is 0. The fraction of sp³-hybridized carbons (Fsp3) is 0.333. The van der Waals surface area contributed by atoms with Crippen LogP contribution >= 0.6 is 0 Å². The van der Waals surface area contributed by atoms with Crippen LogP contribution in [0.5, 0.6) is 5.75 Å². The van der Waals surface area contributed by atoms with E-state index in [2.05, 4.69) is 13.0 Å². The van der Waals surface area contributed by atoms with Crippen LogP contribution in [0.4, 0.5) is 0 Å². The largest absolute Gasteiger partial charge is 0.508 e. The molecule has 1 heterocycles. The third kappa shape index (κ3) is 1.66. The van der Waals surface area contributed by atoms with Crippen molar-refractivity contribution in [2.45, 2.75) is 12.8 Å². The number of hydrogen-bond acceptors (Lipinski definition) is 2. The Morgan fingerprint density at radius 2 is 2.14 bits per heavy atom. The molecule has 14 heavy (non-hydrogen) atoms. The molecule has 0 aliphatic carbocycles. The van der Waals surface area contributed by atoms with E-state index < -0.39 is 0 Å². The maximum Gasteiger partial charge on any atom is 0.119 e. The molecular weight excluding hydrogens is 176 g/mol. The highest BCUT2D eigenvalue weighted by molar-refractivity contribution is 5.39. The molecule has 1 aliphatic rings. The van der Waals surface area contributed by atoms with Crippen molar-refractivity contribution in [2.75, 3.05) is 13.2 Å². The first-order valence-corrected chi connectivity index (χ1v) is 4.81. The van der Waals surface area contributed by atoms with Crippen LogP contribution in [0.15, 0.2) is 35.9 Å². The SMILES string of the molecule is CC1=CCOCC1c1ccccc1O. The van der Waals surface area contributed by atoms with E-state index in [9.17, 15) is 5.11 Å². The fourth-order valence-electron chi connectivity index (χ4n) is 1.77. The second kappa shape index (κ2) is 3.84. The number of benzene rings is 1. The lowest BCUT2D eigenvalue weighted by molar-refractivity contribution is 0.140. The average molecular weight is 190 g/mol. The van der Waals surface area contributed by atoms with Crippen molar-refractivity contribution in [2.24, 2.45) is 0 Å². The highest BCUT2D eigenvalue weighted by Gasteiger charge is 2.19. The molecular formula is C12H14O2. The van der Waals surface area contributed by atoms with Crippen molar-refractivity contribution in [3.63, 3.8) is 0 Å². The Hall–Kier alpha value is -1.28. The quantitative estimate of drug-likeness (QED) is 0.689. The van der Waals surface area contributed by atoms with Crippen LogP contribution in [0.3, 0.4) is 0 Å². The number of para-hydroxylation sites is 1. The standard InChI is InChI=1S/C12H14O2/c1-9-6-7-14-8-11(9)10-4-2-3-5-12(10)13/h2-6,11,13H,7-8H2,1H3. The van der Waals surface area contributed by atoms with Crippen LogP contribution in [0.1, 0.15) is 18.4 Å². The van der Waals surface area contributed by atoms with E-state index in [1.807, 2.05) is 18.2 Å². The van der Waals surface area contributed by atoms with E-state index in [0.29, 0.717) is 19.0 Å². The summed E-state index contributed by atoms with van der Waals surface area (Å²) in [6, 6.07) is 7.45. The van der Waals surface area contributed by atoms with Crippen LogP contribution in [-0.4, -0.2) is 18.3 Å². The van der Waals surface area contributed by atoms with Crippen LogP contribution in [0.2, 0.25) is 0 Å². The van der Waals surface area contributed by atoms with Gasteiger partial charge in [0.1, 0.15) is 5.75 Å². The molecule has 0 saturated carbocycles. The minimum atomic E-state index is 0.213. The first kappa shape index (κ1) is 9.28. The lowest BCUT2D eigenvalue weighted by Gasteiger charge is -2.23. The van der Waals surface area contributed by atoms with Gasteiger partial charge in [0.2, 0.25) is 0 Å². The van der Waals surface area contributed by atoms with Gasteiger partial charge in [0.05, 0.1) is 13.2 Å². The van der Waals surface area contributed by atoms with E-state index in [1.54, 1.807) is 6.07 Å². The molecule has 0 spiro atoms. The minimum absolute atomic E-state index is 0.213. The lowest BCUT2D eigenvalue weighted by atomic mass is 9.91. The number of hydrogen-bond donors (Lipinski definition) is 1. The molecule has 74 valence electrons. The Kier molecular flexibility index (Phi) is 2.55. The second-order valence-electron chi connectivity index (χ2n) is 3.60. The lowest BCUT2D eigenvalue weighted by Crippen LogP contribution is -2.14. The Balaban J connectivity index is 2.35. The molecule has 0 aromatic heterocycles. The predicted octanol–water partition coefficient (Wildman–Crippen LogP) is 2.45. The van der Waals surface area contributed by atoms with Crippen molar-refractivity contribution in [1.29, 1.82) is 0 Å². The van der Waals surface area contributed by atoms with Crippen LogP contribution in [0, 0.1) is 0 Å². The summed E-state index contributed by atoms with van der Waals surface area (Å²) >= 11 is 0. The highest BCUT2D eigenvalue weighted by Crippen LogP contribution is 2.32. The molecule has 1 aromatic carbocycles. The molecule has 1 aliphatic heterocycles. The Bertz CT molecular complexity index is 355. The Morgan fingerprint density at radius 1 is 1.36 bits per heavy atom. The van der Waals surface area contributed by atoms with E-state index in [4.69, 9.17) is 4.74 Å². The van der Waals surface area contributed by atoms with Gasteiger partial charge in [-0.25, -0.2) is 0 Å². The summed E-state index contributed by atoms with van der Waals surface area (Å²) < 4.78 is 5.37. The van der Waals surface area contributed by atoms with Gasteiger partial charge < -0.3 is 9.84 Å². The van der Waals surface area contributed by atoms with Gasteiger partial charge in [-0.2, -0.15) is 0 Å². The molecule has 2 nitrogen and oxygen atoms in total. The zero-order chi connectivity index (χ0) is 9.97. The topological polar surface area (TPSA) is 29.5 Å². The molecule has 1 aromatic rings. The zero-order valence-corrected chi connectivity index (χ0v) is 8.23. The Labute approximate surface area is 83.8 Å². The van der Waals surface area contributed by atoms with Crippen molar-refractivity contribution >= 4 is 0 Å². The van der Waals surface area contributed by atoms with E-state index in [0.717, 1.165) is 5.56 Å². The van der Waals surface area contributed by atoms with E-state index in [-0.39, 0.29) is 5.92 Å². The number of aromatic hydroxyl groups is 1. The molecule has 0 radical (unpaired) electrons. The van der Waals surface area contributed by atoms with Crippen LogP contribution in [0.25, 0.3) is 0 Å². The molecule has 2 heteroatoms. The summed E-state index contributed by atoms with van der Waals surface area (Å²) in [6.07, 6.45) is 2.07. The van der Waals surface area contributed by atoms with Gasteiger partial charge in [-0.05, 0) is 13.0 Å². The van der Waals surface area contributed by atoms with Gasteiger partial charge in [-0.1, -0.05) is 29.8 Å². The molecule has 0 bridgehead atoms. The van der Waals surface area contributed by atoms with Gasteiger partial charge in [0.15, 0.2) is 0 Å². The van der Waals surface area contributed by atoms with Crippen molar-refractivity contribution in [3.8, 4) is 5.75 Å². The smallest absolute Gasteiger partial charge is 0.119 e. The van der Waals surface area contributed by atoms with Crippen LogP contribution < -0.4 is 0 Å². The fourth-order valence-corrected chi connectivity index (χ4v) is 1.77. The first-order valence-electron chi connectivity index (χ1n) is 4.81. The summed E-state index contributed by atoms with van der Waals surface area (Å²) in [5, 5.41) is 9.70.